The molecule has 1 N–H and O–H groups in total. The van der Waals surface area contributed by atoms with Crippen LogP contribution < -0.4 is 10.1 Å². The number of likely N-dealkylation sites (N-methyl/N-ethyl adjacent to an activating group) is 1. The number of para-hydroxylation sites is 1. The molecule has 0 aliphatic carbocycles. The van der Waals surface area contributed by atoms with Crippen LogP contribution in [0.2, 0.25) is 0 Å². The molecule has 0 radical (unpaired) electrons. The van der Waals surface area contributed by atoms with Gasteiger partial charge in [0.15, 0.2) is 6.10 Å². The number of rotatable bonds is 6. The van der Waals surface area contributed by atoms with Crippen molar-refractivity contribution < 1.29 is 9.53 Å². The lowest BCUT2D eigenvalue weighted by Crippen LogP contribution is -2.35. The zero-order valence-corrected chi connectivity index (χ0v) is 10.4. The van der Waals surface area contributed by atoms with Crippen molar-refractivity contribution in [2.45, 2.75) is 25.9 Å². The normalized spacial score (nSPS) is 11.6. The first kappa shape index (κ1) is 13.3. The summed E-state index contributed by atoms with van der Waals surface area (Å²) in [4.78, 5) is 11.6. The molecule has 0 aromatic heterocycles. The van der Waals surface area contributed by atoms with E-state index in [9.17, 15) is 4.79 Å². The molecule has 0 saturated heterocycles. The largest absolute Gasteiger partial charge is 0.480 e. The Morgan fingerprint density at radius 3 is 2.82 bits per heavy atom. The molecule has 1 atom stereocenters. The van der Waals surface area contributed by atoms with Crippen LogP contribution >= 0.6 is 0 Å². The highest BCUT2D eigenvalue weighted by Gasteiger charge is 2.17. The molecule has 0 bridgehead atoms. The Balaban J connectivity index is 2.85. The molecule has 1 rings (SSSR count). The van der Waals surface area contributed by atoms with E-state index < -0.39 is 6.10 Å². The van der Waals surface area contributed by atoms with E-state index in [1.165, 1.54) is 0 Å². The first-order chi connectivity index (χ1) is 8.22. The second-order valence-corrected chi connectivity index (χ2v) is 3.73. The average Bonchev–Trinajstić information content (AvgIpc) is 2.37. The van der Waals surface area contributed by atoms with E-state index in [0.29, 0.717) is 6.42 Å². The fourth-order valence-electron chi connectivity index (χ4n) is 1.58. The second-order valence-electron chi connectivity index (χ2n) is 3.73. The maximum absolute atomic E-state index is 11.6. The number of carbonyl (C=O) groups excluding carboxylic acids is 1. The van der Waals surface area contributed by atoms with Gasteiger partial charge in [0.2, 0.25) is 0 Å². The summed E-state index contributed by atoms with van der Waals surface area (Å²) < 4.78 is 5.74. The lowest BCUT2D eigenvalue weighted by Gasteiger charge is -2.18. The Labute approximate surface area is 102 Å². The lowest BCUT2D eigenvalue weighted by atomic mass is 10.1. The van der Waals surface area contributed by atoms with Crippen molar-refractivity contribution in [3.63, 3.8) is 0 Å². The predicted octanol–water partition coefficient (Wildman–Crippen LogP) is 2.32. The number of benzene rings is 1. The third-order valence-electron chi connectivity index (χ3n) is 2.52. The summed E-state index contributed by atoms with van der Waals surface area (Å²) >= 11 is 0. The minimum Gasteiger partial charge on any atom is -0.480 e. The molecule has 17 heavy (non-hydrogen) atoms. The Morgan fingerprint density at radius 1 is 1.53 bits per heavy atom. The summed E-state index contributed by atoms with van der Waals surface area (Å²) in [6.45, 7) is 5.64. The van der Waals surface area contributed by atoms with Gasteiger partial charge in [0, 0.05) is 7.05 Å². The van der Waals surface area contributed by atoms with Crippen LogP contribution in [0.3, 0.4) is 0 Å². The van der Waals surface area contributed by atoms with Gasteiger partial charge in [-0.15, -0.1) is 6.58 Å². The molecule has 1 aromatic carbocycles. The van der Waals surface area contributed by atoms with Crippen molar-refractivity contribution in [1.29, 1.82) is 0 Å². The van der Waals surface area contributed by atoms with Gasteiger partial charge in [0.05, 0.1) is 0 Å². The highest BCUT2D eigenvalue weighted by atomic mass is 16.5. The average molecular weight is 233 g/mol. The van der Waals surface area contributed by atoms with E-state index in [4.69, 9.17) is 4.74 Å². The van der Waals surface area contributed by atoms with Crippen molar-refractivity contribution in [3.05, 3.63) is 42.5 Å². The first-order valence-corrected chi connectivity index (χ1v) is 5.80. The molecule has 3 heteroatoms. The number of ether oxygens (including phenoxy) is 1. The molecule has 0 aliphatic rings. The third-order valence-corrected chi connectivity index (χ3v) is 2.52. The summed E-state index contributed by atoms with van der Waals surface area (Å²) in [5, 5.41) is 2.60. The van der Waals surface area contributed by atoms with Gasteiger partial charge in [-0.1, -0.05) is 31.2 Å². The van der Waals surface area contributed by atoms with Crippen LogP contribution in [0.4, 0.5) is 0 Å². The van der Waals surface area contributed by atoms with E-state index in [0.717, 1.165) is 17.7 Å². The summed E-state index contributed by atoms with van der Waals surface area (Å²) in [5.41, 5.74) is 1.05. The Bertz CT molecular complexity index is 388. The van der Waals surface area contributed by atoms with Gasteiger partial charge in [-0.25, -0.2) is 0 Å². The summed E-state index contributed by atoms with van der Waals surface area (Å²) in [6, 6.07) is 7.71. The van der Waals surface area contributed by atoms with Crippen molar-refractivity contribution >= 4 is 5.91 Å². The molecule has 0 fully saturated rings. The van der Waals surface area contributed by atoms with Gasteiger partial charge in [-0.3, -0.25) is 4.79 Å². The second kappa shape index (κ2) is 6.74. The topological polar surface area (TPSA) is 38.3 Å². The standard InChI is InChI=1S/C14H19NO2/c1-4-8-11-9-6-7-10-13(11)17-12(5-2)14(16)15-3/h4,6-7,9-10,12H,1,5,8H2,2-3H3,(H,15,16)/t12-/m1/s1. The number of carbonyl (C=O) groups is 1. The number of hydrogen-bond donors (Lipinski definition) is 1. The van der Waals surface area contributed by atoms with Crippen molar-refractivity contribution in [2.24, 2.45) is 0 Å². The highest BCUT2D eigenvalue weighted by molar-refractivity contribution is 5.80. The summed E-state index contributed by atoms with van der Waals surface area (Å²) in [5.74, 6) is 0.656. The maximum atomic E-state index is 11.6. The molecule has 3 nitrogen and oxygen atoms in total. The quantitative estimate of drug-likeness (QED) is 0.766. The third kappa shape index (κ3) is 3.63. The van der Waals surface area contributed by atoms with Crippen LogP contribution in [0.5, 0.6) is 5.75 Å². The molecule has 92 valence electrons. The van der Waals surface area contributed by atoms with E-state index in [2.05, 4.69) is 11.9 Å². The van der Waals surface area contributed by atoms with Crippen LogP contribution in [0.15, 0.2) is 36.9 Å². The summed E-state index contributed by atoms with van der Waals surface area (Å²) in [7, 11) is 1.62. The van der Waals surface area contributed by atoms with Gasteiger partial charge >= 0.3 is 0 Å². The molecule has 1 aromatic rings. The Kier molecular flexibility index (Phi) is 5.27. The van der Waals surface area contributed by atoms with E-state index in [1.54, 1.807) is 7.05 Å². The van der Waals surface area contributed by atoms with Gasteiger partial charge in [-0.05, 0) is 24.5 Å². The van der Waals surface area contributed by atoms with Crippen LogP contribution in [0, 0.1) is 0 Å². The maximum Gasteiger partial charge on any atom is 0.260 e. The highest BCUT2D eigenvalue weighted by Crippen LogP contribution is 2.20. The fraction of sp³-hybridized carbons (Fsp3) is 0.357. The number of allylic oxidation sites excluding steroid dienone is 1. The minimum absolute atomic E-state index is 0.0964. The molecular weight excluding hydrogens is 214 g/mol. The number of hydrogen-bond acceptors (Lipinski definition) is 2. The molecule has 0 unspecified atom stereocenters. The minimum atomic E-state index is -0.439. The molecular formula is C14H19NO2. The SMILES string of the molecule is C=CCc1ccccc1O[C@H](CC)C(=O)NC. The van der Waals surface area contributed by atoms with Crippen molar-refractivity contribution in [3.8, 4) is 5.75 Å². The number of amides is 1. The van der Waals surface area contributed by atoms with E-state index in [1.807, 2.05) is 37.3 Å². The van der Waals surface area contributed by atoms with Crippen LogP contribution in [0.1, 0.15) is 18.9 Å². The fourth-order valence-corrected chi connectivity index (χ4v) is 1.58. The molecule has 0 aliphatic heterocycles. The zero-order chi connectivity index (χ0) is 12.7. The van der Waals surface area contributed by atoms with Crippen molar-refractivity contribution in [1.82, 2.24) is 5.32 Å². The van der Waals surface area contributed by atoms with Gasteiger partial charge in [0.1, 0.15) is 5.75 Å². The van der Waals surface area contributed by atoms with Crippen molar-refractivity contribution in [2.75, 3.05) is 7.05 Å². The van der Waals surface area contributed by atoms with Gasteiger partial charge in [0.25, 0.3) is 5.91 Å². The molecule has 0 saturated carbocycles. The van der Waals surface area contributed by atoms with E-state index >= 15 is 0 Å². The molecule has 1 amide bonds. The smallest absolute Gasteiger partial charge is 0.260 e. The van der Waals surface area contributed by atoms with Gasteiger partial charge in [-0.2, -0.15) is 0 Å². The predicted molar refractivity (Wildman–Crippen MR) is 69.1 cm³/mol. The molecule has 0 heterocycles. The molecule has 0 spiro atoms. The monoisotopic (exact) mass is 233 g/mol. The van der Waals surface area contributed by atoms with Crippen LogP contribution in [-0.4, -0.2) is 19.1 Å². The Morgan fingerprint density at radius 2 is 2.24 bits per heavy atom. The Hall–Kier alpha value is -1.77. The van der Waals surface area contributed by atoms with Gasteiger partial charge < -0.3 is 10.1 Å². The zero-order valence-electron chi connectivity index (χ0n) is 10.4. The van der Waals surface area contributed by atoms with E-state index in [-0.39, 0.29) is 5.91 Å². The first-order valence-electron chi connectivity index (χ1n) is 5.80. The van der Waals surface area contributed by atoms with Crippen LogP contribution in [0.25, 0.3) is 0 Å². The van der Waals surface area contributed by atoms with Crippen LogP contribution in [-0.2, 0) is 11.2 Å². The summed E-state index contributed by atoms with van der Waals surface area (Å²) in [6.07, 6.45) is 2.76. The number of nitrogens with one attached hydrogen (secondary N) is 1. The lowest BCUT2D eigenvalue weighted by molar-refractivity contribution is -0.127.